The number of aromatic nitrogens is 1. The zero-order valence-electron chi connectivity index (χ0n) is 17.0. The number of hydrogen-bond donors (Lipinski definition) is 3. The van der Waals surface area contributed by atoms with E-state index in [2.05, 4.69) is 24.4 Å². The van der Waals surface area contributed by atoms with E-state index in [9.17, 15) is 9.59 Å². The van der Waals surface area contributed by atoms with Crippen LogP contribution in [0.25, 0.3) is 10.9 Å². The van der Waals surface area contributed by atoms with Crippen LogP contribution in [0.15, 0.2) is 54.7 Å². The van der Waals surface area contributed by atoms with Gasteiger partial charge in [0.1, 0.15) is 0 Å². The van der Waals surface area contributed by atoms with Gasteiger partial charge in [0.25, 0.3) is 5.91 Å². The predicted molar refractivity (Wildman–Crippen MR) is 113 cm³/mol. The van der Waals surface area contributed by atoms with Gasteiger partial charge in [0, 0.05) is 35.3 Å². The number of hydrogen-bond acceptors (Lipinski definition) is 2. The second kappa shape index (κ2) is 7.72. The Balaban J connectivity index is 1.80. The van der Waals surface area contributed by atoms with E-state index in [1.807, 2.05) is 54.7 Å². The second-order valence-corrected chi connectivity index (χ2v) is 7.96. The molecular formula is C23H27N4O2+. The van der Waals surface area contributed by atoms with Crippen LogP contribution in [0.3, 0.4) is 0 Å². The Morgan fingerprint density at radius 3 is 2.62 bits per heavy atom. The van der Waals surface area contributed by atoms with E-state index in [0.29, 0.717) is 12.1 Å². The summed E-state index contributed by atoms with van der Waals surface area (Å²) in [5.41, 5.74) is 3.35. The van der Waals surface area contributed by atoms with Crippen LogP contribution in [0.4, 0.5) is 0 Å². The first-order chi connectivity index (χ1) is 14.0. The predicted octanol–water partition coefficient (Wildman–Crippen LogP) is 1.34. The Kier molecular flexibility index (Phi) is 5.11. The third-order valence-electron chi connectivity index (χ3n) is 5.73. The first kappa shape index (κ1) is 19.2. The van der Waals surface area contributed by atoms with Gasteiger partial charge in [0.15, 0.2) is 0 Å². The monoisotopic (exact) mass is 391 g/mol. The van der Waals surface area contributed by atoms with E-state index >= 15 is 0 Å². The lowest BCUT2D eigenvalue weighted by molar-refractivity contribution is -0.856. The van der Waals surface area contributed by atoms with Crippen molar-refractivity contribution >= 4 is 22.7 Å². The summed E-state index contributed by atoms with van der Waals surface area (Å²) in [4.78, 5) is 32.7. The Hall–Kier alpha value is -3.12. The molecule has 29 heavy (non-hydrogen) atoms. The van der Waals surface area contributed by atoms with E-state index in [-0.39, 0.29) is 17.9 Å². The van der Waals surface area contributed by atoms with Crippen molar-refractivity contribution in [3.8, 4) is 0 Å². The van der Waals surface area contributed by atoms with Crippen molar-refractivity contribution in [1.82, 2.24) is 15.2 Å². The molecule has 2 atom stereocenters. The molecule has 0 unspecified atom stereocenters. The van der Waals surface area contributed by atoms with Gasteiger partial charge in [-0.15, -0.1) is 0 Å². The molecule has 1 aliphatic heterocycles. The topological polar surface area (TPSA) is 69.6 Å². The Bertz CT molecular complexity index is 1060. The lowest BCUT2D eigenvalue weighted by Crippen LogP contribution is -3.06. The van der Waals surface area contributed by atoms with Crippen LogP contribution in [-0.2, 0) is 4.79 Å². The summed E-state index contributed by atoms with van der Waals surface area (Å²) in [6.07, 6.45) is 1.93. The number of carbonyl (C=O) groups is 2. The van der Waals surface area contributed by atoms with Crippen molar-refractivity contribution in [1.29, 1.82) is 0 Å². The summed E-state index contributed by atoms with van der Waals surface area (Å²) in [5, 5.41) is 4.13. The van der Waals surface area contributed by atoms with Gasteiger partial charge in [-0.25, -0.2) is 0 Å². The van der Waals surface area contributed by atoms with Crippen molar-refractivity contribution in [3.05, 3.63) is 71.4 Å². The number of benzene rings is 2. The highest BCUT2D eigenvalue weighted by Gasteiger charge is 2.43. The number of aromatic amines is 1. The number of nitrogens with zero attached hydrogens (tertiary/aromatic N) is 1. The molecule has 2 amide bonds. The molecule has 150 valence electrons. The number of fused-ring (bicyclic) bond motifs is 2. The zero-order valence-corrected chi connectivity index (χ0v) is 17.0. The molecule has 6 nitrogen and oxygen atoms in total. The average Bonchev–Trinajstić information content (AvgIpc) is 3.14. The number of likely N-dealkylation sites (N-methyl/N-ethyl adjacent to an activating group) is 2. The van der Waals surface area contributed by atoms with Crippen LogP contribution < -0.4 is 10.2 Å². The summed E-state index contributed by atoms with van der Waals surface area (Å²) >= 11 is 0. The lowest BCUT2D eigenvalue weighted by Gasteiger charge is -2.39. The highest BCUT2D eigenvalue weighted by atomic mass is 16.2. The fraction of sp³-hybridized carbons (Fsp3) is 0.304. The fourth-order valence-electron chi connectivity index (χ4n) is 4.23. The Labute approximate surface area is 170 Å². The Morgan fingerprint density at radius 1 is 1.10 bits per heavy atom. The van der Waals surface area contributed by atoms with E-state index in [1.54, 1.807) is 11.9 Å². The van der Waals surface area contributed by atoms with E-state index in [4.69, 9.17) is 0 Å². The van der Waals surface area contributed by atoms with Gasteiger partial charge in [-0.05, 0) is 17.7 Å². The molecule has 0 aliphatic carbocycles. The smallest absolute Gasteiger partial charge is 0.254 e. The number of rotatable bonds is 5. The van der Waals surface area contributed by atoms with Crippen molar-refractivity contribution in [2.75, 3.05) is 34.2 Å². The van der Waals surface area contributed by atoms with Crippen LogP contribution in [0, 0.1) is 0 Å². The maximum absolute atomic E-state index is 13.4. The second-order valence-electron chi connectivity index (χ2n) is 7.96. The zero-order chi connectivity index (χ0) is 20.5. The van der Waals surface area contributed by atoms with Crippen LogP contribution >= 0.6 is 0 Å². The minimum atomic E-state index is -0.467. The minimum absolute atomic E-state index is 0.0478. The molecular weight excluding hydrogens is 364 g/mol. The molecule has 2 aromatic carbocycles. The third kappa shape index (κ3) is 3.40. The van der Waals surface area contributed by atoms with Gasteiger partial charge in [-0.2, -0.15) is 0 Å². The SMILES string of the molecule is CN1C(=O)c2ccccc2[C@H](C(=O)NCC[NH+](C)C)[C@H]1c1c[nH]c2ccccc12. The number of para-hydroxylation sites is 1. The maximum atomic E-state index is 13.4. The van der Waals surface area contributed by atoms with Crippen LogP contribution in [0.2, 0.25) is 0 Å². The van der Waals surface area contributed by atoms with Gasteiger partial charge in [0.2, 0.25) is 5.91 Å². The molecule has 3 N–H and O–H groups in total. The number of carbonyl (C=O) groups excluding carboxylic acids is 2. The molecule has 3 aromatic rings. The van der Waals surface area contributed by atoms with Crippen molar-refractivity contribution in [2.24, 2.45) is 0 Å². The summed E-state index contributed by atoms with van der Waals surface area (Å²) in [6, 6.07) is 15.1. The standard InChI is InChI=1S/C23H26N4O2/c1-26(2)13-12-24-22(28)20-16-9-4-5-10-17(16)23(29)27(3)21(20)18-14-25-19-11-7-6-8-15(18)19/h4-11,14,20-21,25H,12-13H2,1-3H3,(H,24,28)/p+1/t20-,21+/m0/s1. The third-order valence-corrected chi connectivity index (χ3v) is 5.73. The van der Waals surface area contributed by atoms with Crippen LogP contribution in [-0.4, -0.2) is 55.9 Å². The minimum Gasteiger partial charge on any atom is -0.361 e. The van der Waals surface area contributed by atoms with E-state index in [0.717, 1.165) is 28.6 Å². The van der Waals surface area contributed by atoms with E-state index < -0.39 is 5.92 Å². The normalized spacial score (nSPS) is 18.9. The average molecular weight is 391 g/mol. The van der Waals surface area contributed by atoms with Crippen LogP contribution in [0.1, 0.15) is 33.4 Å². The molecule has 2 heterocycles. The molecule has 0 bridgehead atoms. The quantitative estimate of drug-likeness (QED) is 0.614. The number of H-pyrrole nitrogens is 1. The largest absolute Gasteiger partial charge is 0.361 e. The Morgan fingerprint density at radius 2 is 1.83 bits per heavy atom. The molecule has 6 heteroatoms. The first-order valence-electron chi connectivity index (χ1n) is 9.98. The number of quaternary nitrogens is 1. The molecule has 4 rings (SSSR count). The van der Waals surface area contributed by atoms with Gasteiger partial charge >= 0.3 is 0 Å². The van der Waals surface area contributed by atoms with Crippen molar-refractivity contribution in [3.63, 3.8) is 0 Å². The summed E-state index contributed by atoms with van der Waals surface area (Å²) in [6.45, 7) is 1.44. The molecule has 0 radical (unpaired) electrons. The van der Waals surface area contributed by atoms with Gasteiger partial charge < -0.3 is 20.1 Å². The lowest BCUT2D eigenvalue weighted by atomic mass is 9.79. The van der Waals surface area contributed by atoms with Crippen molar-refractivity contribution < 1.29 is 14.5 Å². The van der Waals surface area contributed by atoms with Gasteiger partial charge in [-0.3, -0.25) is 9.59 Å². The molecule has 1 aromatic heterocycles. The fourth-order valence-corrected chi connectivity index (χ4v) is 4.23. The molecule has 0 saturated heterocycles. The van der Waals surface area contributed by atoms with E-state index in [1.165, 1.54) is 4.90 Å². The van der Waals surface area contributed by atoms with Crippen LogP contribution in [0.5, 0.6) is 0 Å². The van der Waals surface area contributed by atoms with Gasteiger partial charge in [-0.1, -0.05) is 36.4 Å². The maximum Gasteiger partial charge on any atom is 0.254 e. The first-order valence-corrected chi connectivity index (χ1v) is 9.98. The summed E-state index contributed by atoms with van der Waals surface area (Å²) in [5.74, 6) is -0.573. The molecule has 0 saturated carbocycles. The molecule has 0 fully saturated rings. The summed E-state index contributed by atoms with van der Waals surface area (Å²) < 4.78 is 0. The molecule has 0 spiro atoms. The highest BCUT2D eigenvalue weighted by Crippen LogP contribution is 2.43. The summed E-state index contributed by atoms with van der Waals surface area (Å²) in [7, 11) is 5.90. The van der Waals surface area contributed by atoms with Crippen molar-refractivity contribution in [2.45, 2.75) is 12.0 Å². The number of nitrogens with one attached hydrogen (secondary N) is 3. The molecule has 1 aliphatic rings. The number of amides is 2. The van der Waals surface area contributed by atoms with Gasteiger partial charge in [0.05, 0.1) is 39.1 Å². The highest BCUT2D eigenvalue weighted by molar-refractivity contribution is 6.02.